The summed E-state index contributed by atoms with van der Waals surface area (Å²) in [4.78, 5) is 21.2. The van der Waals surface area contributed by atoms with E-state index in [1.165, 1.54) is 19.1 Å². The van der Waals surface area contributed by atoms with Crippen LogP contribution < -0.4 is 10.4 Å². The summed E-state index contributed by atoms with van der Waals surface area (Å²) in [5, 5.41) is 22.4. The van der Waals surface area contributed by atoms with Gasteiger partial charge in [0.1, 0.15) is 11.3 Å². The maximum Gasteiger partial charge on any atom is 0.339 e. The van der Waals surface area contributed by atoms with Crippen LogP contribution in [0.1, 0.15) is 17.3 Å². The highest BCUT2D eigenvalue weighted by molar-refractivity contribution is 5.91. The van der Waals surface area contributed by atoms with Gasteiger partial charge in [-0.1, -0.05) is 17.8 Å². The third-order valence-corrected chi connectivity index (χ3v) is 1.37. The Morgan fingerprint density at radius 2 is 1.75 bits per heavy atom. The van der Waals surface area contributed by atoms with Gasteiger partial charge in [0.15, 0.2) is 0 Å². The zero-order valence-corrected chi connectivity index (χ0v) is 8.38. The van der Waals surface area contributed by atoms with E-state index >= 15 is 0 Å². The second-order valence-corrected chi connectivity index (χ2v) is 2.49. The molecule has 0 spiro atoms. The lowest BCUT2D eigenvalue weighted by atomic mass is 10.2. The first-order chi connectivity index (χ1) is 7.52. The van der Waals surface area contributed by atoms with Crippen molar-refractivity contribution in [3.05, 3.63) is 29.8 Å². The first-order valence-electron chi connectivity index (χ1n) is 4.06. The molecule has 0 amide bonds. The van der Waals surface area contributed by atoms with Crippen LogP contribution in [0.15, 0.2) is 24.3 Å². The first kappa shape index (κ1) is 14.0. The fraction of sp³-hybridized carbons (Fsp3) is 0.111. The summed E-state index contributed by atoms with van der Waals surface area (Å²) in [6.07, 6.45) is 0. The number of hydrogen-bond acceptors (Lipinski definition) is 6. The van der Waals surface area contributed by atoms with Crippen LogP contribution in [0, 0.1) is 0 Å². The molecule has 1 aromatic carbocycles. The molecule has 0 fully saturated rings. The lowest BCUT2D eigenvalue weighted by Crippen LogP contribution is -2.06. The molecule has 0 unspecified atom stereocenters. The molecule has 0 aliphatic heterocycles. The number of rotatable bonds is 2. The maximum absolute atomic E-state index is 10.6. The lowest BCUT2D eigenvalue weighted by Gasteiger charge is -2.03. The van der Waals surface area contributed by atoms with Gasteiger partial charge in [-0.05, 0) is 12.1 Å². The summed E-state index contributed by atoms with van der Waals surface area (Å²) in [7, 11) is 0. The van der Waals surface area contributed by atoms with E-state index in [1.54, 1.807) is 12.1 Å². The lowest BCUT2D eigenvalue weighted by molar-refractivity contribution is -0.131. The maximum atomic E-state index is 10.6. The Balaban J connectivity index is 0.000000673. The van der Waals surface area contributed by atoms with E-state index in [9.17, 15) is 9.59 Å². The number of hydrogen-bond donors (Lipinski definition) is 4. The summed E-state index contributed by atoms with van der Waals surface area (Å²) in [6.45, 7) is 1.22. The molecule has 1 aromatic rings. The molecule has 88 valence electrons. The molecule has 0 aliphatic rings. The van der Waals surface area contributed by atoms with Crippen LogP contribution in [-0.4, -0.2) is 27.5 Å². The number of aromatic carboxylic acids is 1. The fourth-order valence-electron chi connectivity index (χ4n) is 0.887. The van der Waals surface area contributed by atoms with Gasteiger partial charge < -0.3 is 9.84 Å². The third kappa shape index (κ3) is 5.05. The molecule has 7 heteroatoms. The minimum absolute atomic E-state index is 0.0160. The number of carboxylic acids is 1. The van der Waals surface area contributed by atoms with Crippen molar-refractivity contribution in [2.24, 2.45) is 0 Å². The molecule has 0 saturated heterocycles. The zero-order valence-electron chi connectivity index (χ0n) is 8.38. The fourth-order valence-corrected chi connectivity index (χ4v) is 0.887. The quantitative estimate of drug-likeness (QED) is 0.334. The Bertz CT molecular complexity index is 365. The van der Waals surface area contributed by atoms with Gasteiger partial charge in [-0.2, -0.15) is 0 Å². The van der Waals surface area contributed by atoms with Gasteiger partial charge in [-0.3, -0.25) is 15.2 Å². The number of esters is 1. The average molecular weight is 229 g/mol. The largest absolute Gasteiger partial charge is 0.478 e. The molecule has 16 heavy (non-hydrogen) atoms. The summed E-state index contributed by atoms with van der Waals surface area (Å²) < 4.78 is 4.69. The first-order valence-corrected chi connectivity index (χ1v) is 4.06. The molecule has 0 atom stereocenters. The van der Waals surface area contributed by atoms with Crippen LogP contribution in [0.4, 0.5) is 0 Å². The Kier molecular flexibility index (Phi) is 6.45. The standard InChI is InChI=1S/C9H8O4.H3NO2/c1-6(10)13-8-5-3-2-4-7(8)9(11)12;2-1-3/h2-5H,1H3,(H,11,12);1-3H. The van der Waals surface area contributed by atoms with Gasteiger partial charge in [0, 0.05) is 6.92 Å². The van der Waals surface area contributed by atoms with Crippen molar-refractivity contribution < 1.29 is 29.8 Å². The SMILES string of the molecule is CC(=O)Oc1ccccc1C(=O)O.ONO. The van der Waals surface area contributed by atoms with Crippen LogP contribution in [0.3, 0.4) is 0 Å². The zero-order chi connectivity index (χ0) is 12.6. The molecule has 0 saturated carbocycles. The van der Waals surface area contributed by atoms with Gasteiger partial charge in [0.05, 0.1) is 0 Å². The number of ether oxygens (including phenoxy) is 1. The molecule has 0 radical (unpaired) electrons. The van der Waals surface area contributed by atoms with Crippen LogP contribution in [-0.2, 0) is 4.79 Å². The summed E-state index contributed by atoms with van der Waals surface area (Å²) in [5.74, 6) is -1.58. The Morgan fingerprint density at radius 3 is 2.19 bits per heavy atom. The van der Waals surface area contributed by atoms with Crippen LogP contribution in [0.5, 0.6) is 5.75 Å². The van der Waals surface area contributed by atoms with Crippen molar-refractivity contribution in [2.75, 3.05) is 0 Å². The Labute approximate surface area is 90.8 Å². The molecular formula is C9H11NO6. The van der Waals surface area contributed by atoms with E-state index < -0.39 is 11.9 Å². The molecule has 0 aromatic heterocycles. The number of para-hydroxylation sites is 1. The Hall–Kier alpha value is -1.96. The van der Waals surface area contributed by atoms with Gasteiger partial charge in [-0.15, -0.1) is 0 Å². The monoisotopic (exact) mass is 229 g/mol. The van der Waals surface area contributed by atoms with Crippen molar-refractivity contribution in [2.45, 2.75) is 6.92 Å². The predicted molar refractivity (Wildman–Crippen MR) is 51.4 cm³/mol. The Morgan fingerprint density at radius 1 is 1.25 bits per heavy atom. The van der Waals surface area contributed by atoms with Crippen molar-refractivity contribution in [1.29, 1.82) is 0 Å². The number of benzene rings is 1. The number of carboxylic acid groups (broad SMARTS) is 1. The highest BCUT2D eigenvalue weighted by atomic mass is 16.7. The van der Waals surface area contributed by atoms with E-state index in [2.05, 4.69) is 4.74 Å². The minimum Gasteiger partial charge on any atom is -0.478 e. The highest BCUT2D eigenvalue weighted by Gasteiger charge is 2.10. The second kappa shape index (κ2) is 7.35. The van der Waals surface area contributed by atoms with Gasteiger partial charge in [0.2, 0.25) is 0 Å². The van der Waals surface area contributed by atoms with Crippen molar-refractivity contribution in [3.63, 3.8) is 0 Å². The van der Waals surface area contributed by atoms with Gasteiger partial charge in [-0.25, -0.2) is 4.79 Å². The van der Waals surface area contributed by atoms with E-state index in [1.807, 2.05) is 0 Å². The van der Waals surface area contributed by atoms with Crippen LogP contribution in [0.25, 0.3) is 0 Å². The van der Waals surface area contributed by atoms with E-state index in [4.69, 9.17) is 15.5 Å². The van der Waals surface area contributed by atoms with Gasteiger partial charge >= 0.3 is 11.9 Å². The number of carbonyl (C=O) groups is 2. The third-order valence-electron chi connectivity index (χ3n) is 1.37. The van der Waals surface area contributed by atoms with E-state index in [0.717, 1.165) is 5.64 Å². The molecule has 4 N–H and O–H groups in total. The van der Waals surface area contributed by atoms with E-state index in [-0.39, 0.29) is 11.3 Å². The van der Waals surface area contributed by atoms with Crippen LogP contribution in [0.2, 0.25) is 0 Å². The molecule has 0 heterocycles. The summed E-state index contributed by atoms with van der Waals surface area (Å²) in [5.41, 5.74) is 0.734. The average Bonchev–Trinajstić information content (AvgIpc) is 2.18. The number of carbonyl (C=O) groups excluding carboxylic acids is 1. The molecule has 1 rings (SSSR count). The van der Waals surface area contributed by atoms with Crippen molar-refractivity contribution >= 4 is 11.9 Å². The smallest absolute Gasteiger partial charge is 0.339 e. The highest BCUT2D eigenvalue weighted by Crippen LogP contribution is 2.17. The normalized spacial score (nSPS) is 8.69. The second-order valence-electron chi connectivity index (χ2n) is 2.49. The van der Waals surface area contributed by atoms with Crippen LogP contribution >= 0.6 is 0 Å². The van der Waals surface area contributed by atoms with Crippen molar-refractivity contribution in [1.82, 2.24) is 5.64 Å². The minimum atomic E-state index is -1.11. The molecular weight excluding hydrogens is 218 g/mol. The predicted octanol–water partition coefficient (Wildman–Crippen LogP) is 0.664. The summed E-state index contributed by atoms with van der Waals surface area (Å²) in [6, 6.07) is 5.98. The molecule has 0 bridgehead atoms. The van der Waals surface area contributed by atoms with Gasteiger partial charge in [0.25, 0.3) is 0 Å². The van der Waals surface area contributed by atoms with E-state index in [0.29, 0.717) is 0 Å². The summed E-state index contributed by atoms with van der Waals surface area (Å²) >= 11 is 0. The number of nitrogens with one attached hydrogen (secondary N) is 1. The molecule has 0 aliphatic carbocycles. The topological polar surface area (TPSA) is 116 Å². The molecule has 7 nitrogen and oxygen atoms in total. The van der Waals surface area contributed by atoms with Crippen molar-refractivity contribution in [3.8, 4) is 5.75 Å².